The van der Waals surface area contributed by atoms with Crippen LogP contribution in [0.15, 0.2) is 35.3 Å². The Kier molecular flexibility index (Phi) is 4.01. The normalized spacial score (nSPS) is 25.4. The first kappa shape index (κ1) is 14.7. The topological polar surface area (TPSA) is 54.6 Å². The molecule has 6 heteroatoms. The van der Waals surface area contributed by atoms with E-state index in [1.807, 2.05) is 13.0 Å². The fraction of sp³-hybridized carbons (Fsp3) is 0.529. The molecule has 0 aliphatic carbocycles. The Morgan fingerprint density at radius 1 is 1.22 bits per heavy atom. The molecule has 0 radical (unpaired) electrons. The average Bonchev–Trinajstić information content (AvgIpc) is 3.13. The van der Waals surface area contributed by atoms with Crippen molar-refractivity contribution in [1.82, 2.24) is 19.8 Å². The van der Waals surface area contributed by atoms with Gasteiger partial charge in [-0.25, -0.2) is 9.97 Å². The van der Waals surface area contributed by atoms with Crippen LogP contribution in [-0.2, 0) is 6.54 Å². The monoisotopic (exact) mass is 314 g/mol. The molecule has 2 saturated heterocycles. The molecule has 23 heavy (non-hydrogen) atoms. The Morgan fingerprint density at radius 3 is 2.87 bits per heavy atom. The lowest BCUT2D eigenvalue weighted by Gasteiger charge is -2.36. The highest BCUT2D eigenvalue weighted by molar-refractivity contribution is 5.11. The number of aryl methyl sites for hydroxylation is 1. The molecule has 0 aromatic carbocycles. The molecule has 2 aliphatic rings. The van der Waals surface area contributed by atoms with Crippen molar-refractivity contribution in [3.63, 3.8) is 0 Å². The molecule has 0 amide bonds. The number of rotatable bonds is 4. The minimum atomic E-state index is 0.233. The van der Waals surface area contributed by atoms with Crippen molar-refractivity contribution in [2.45, 2.75) is 32.0 Å². The second-order valence-corrected chi connectivity index (χ2v) is 6.45. The third-order valence-corrected chi connectivity index (χ3v) is 4.68. The Bertz CT molecular complexity index is 645. The van der Waals surface area contributed by atoms with E-state index in [9.17, 15) is 0 Å². The number of fused-ring (bicyclic) bond motifs is 1. The number of aromatic nitrogens is 2. The quantitative estimate of drug-likeness (QED) is 0.856. The van der Waals surface area contributed by atoms with Crippen molar-refractivity contribution in [3.05, 3.63) is 42.4 Å². The molecule has 0 N–H and O–H groups in total. The van der Waals surface area contributed by atoms with Gasteiger partial charge in [-0.3, -0.25) is 9.80 Å². The van der Waals surface area contributed by atoms with E-state index in [1.165, 1.54) is 6.33 Å². The minimum Gasteiger partial charge on any atom is -0.486 e. The highest BCUT2D eigenvalue weighted by Crippen LogP contribution is 2.26. The van der Waals surface area contributed by atoms with E-state index in [1.54, 1.807) is 12.4 Å². The van der Waals surface area contributed by atoms with E-state index < -0.39 is 0 Å². The summed E-state index contributed by atoms with van der Waals surface area (Å²) in [7, 11) is 0. The van der Waals surface area contributed by atoms with Crippen molar-refractivity contribution in [2.24, 2.45) is 0 Å². The first-order valence-electron chi connectivity index (χ1n) is 8.19. The predicted octanol–water partition coefficient (Wildman–Crippen LogP) is 1.72. The second kappa shape index (κ2) is 6.29. The van der Waals surface area contributed by atoms with Gasteiger partial charge < -0.3 is 9.15 Å². The molecule has 0 saturated carbocycles. The van der Waals surface area contributed by atoms with Gasteiger partial charge in [0.1, 0.15) is 24.0 Å². The molecule has 122 valence electrons. The van der Waals surface area contributed by atoms with E-state index in [-0.39, 0.29) is 6.10 Å². The van der Waals surface area contributed by atoms with Crippen molar-refractivity contribution in [2.75, 3.05) is 26.2 Å². The van der Waals surface area contributed by atoms with Gasteiger partial charge in [-0.05, 0) is 19.1 Å². The van der Waals surface area contributed by atoms with Crippen LogP contribution in [0, 0.1) is 6.92 Å². The Balaban J connectivity index is 1.33. The van der Waals surface area contributed by atoms with Gasteiger partial charge in [0.25, 0.3) is 0 Å². The first-order chi connectivity index (χ1) is 11.3. The summed E-state index contributed by atoms with van der Waals surface area (Å²) in [5.41, 5.74) is 0. The van der Waals surface area contributed by atoms with E-state index in [0.717, 1.165) is 56.4 Å². The zero-order chi connectivity index (χ0) is 15.6. The molecule has 6 nitrogen and oxygen atoms in total. The summed E-state index contributed by atoms with van der Waals surface area (Å²) in [5.74, 6) is 2.81. The van der Waals surface area contributed by atoms with Crippen LogP contribution < -0.4 is 4.74 Å². The average molecular weight is 314 g/mol. The molecule has 0 unspecified atom stereocenters. The zero-order valence-electron chi connectivity index (χ0n) is 13.4. The van der Waals surface area contributed by atoms with Crippen LogP contribution in [0.2, 0.25) is 0 Å². The highest BCUT2D eigenvalue weighted by Gasteiger charge is 2.37. The van der Waals surface area contributed by atoms with Crippen molar-refractivity contribution in [1.29, 1.82) is 0 Å². The summed E-state index contributed by atoms with van der Waals surface area (Å²) >= 11 is 0. The summed E-state index contributed by atoms with van der Waals surface area (Å²) in [6.07, 6.45) is 6.28. The number of ether oxygens (including phenoxy) is 1. The minimum absolute atomic E-state index is 0.233. The van der Waals surface area contributed by atoms with Gasteiger partial charge in [0.2, 0.25) is 0 Å². The molecule has 4 heterocycles. The van der Waals surface area contributed by atoms with Gasteiger partial charge in [0, 0.05) is 38.6 Å². The Hall–Kier alpha value is -1.92. The lowest BCUT2D eigenvalue weighted by atomic mass is 10.1. The van der Waals surface area contributed by atoms with Crippen LogP contribution in [0.3, 0.4) is 0 Å². The van der Waals surface area contributed by atoms with Crippen LogP contribution >= 0.6 is 0 Å². The molecule has 0 spiro atoms. The maximum absolute atomic E-state index is 6.02. The van der Waals surface area contributed by atoms with Crippen molar-refractivity contribution >= 4 is 0 Å². The van der Waals surface area contributed by atoms with Crippen LogP contribution in [-0.4, -0.2) is 58.1 Å². The number of piperazine rings is 1. The van der Waals surface area contributed by atoms with Gasteiger partial charge >= 0.3 is 0 Å². The molecule has 2 atom stereocenters. The van der Waals surface area contributed by atoms with E-state index in [4.69, 9.17) is 9.15 Å². The van der Waals surface area contributed by atoms with Gasteiger partial charge in [0.05, 0.1) is 18.9 Å². The summed E-state index contributed by atoms with van der Waals surface area (Å²) in [4.78, 5) is 13.0. The predicted molar refractivity (Wildman–Crippen MR) is 85.1 cm³/mol. The molecule has 0 bridgehead atoms. The fourth-order valence-corrected chi connectivity index (χ4v) is 3.62. The maximum atomic E-state index is 6.02. The summed E-state index contributed by atoms with van der Waals surface area (Å²) < 4.78 is 11.7. The number of hydrogen-bond acceptors (Lipinski definition) is 6. The van der Waals surface area contributed by atoms with Gasteiger partial charge in [-0.15, -0.1) is 0 Å². The van der Waals surface area contributed by atoms with Crippen LogP contribution in [0.5, 0.6) is 5.75 Å². The fourth-order valence-electron chi connectivity index (χ4n) is 3.62. The molecule has 2 aromatic heterocycles. The van der Waals surface area contributed by atoms with Gasteiger partial charge in [-0.1, -0.05) is 0 Å². The summed E-state index contributed by atoms with van der Waals surface area (Å²) in [6.45, 7) is 7.13. The molecule has 2 aromatic rings. The lowest BCUT2D eigenvalue weighted by Crippen LogP contribution is -2.49. The number of nitrogens with zero attached hydrogens (tertiary/aromatic N) is 4. The third kappa shape index (κ3) is 3.38. The molecule has 2 aliphatic heterocycles. The molecular formula is C17H22N4O2. The van der Waals surface area contributed by atoms with Crippen LogP contribution in [0.4, 0.5) is 0 Å². The summed E-state index contributed by atoms with van der Waals surface area (Å²) in [6, 6.07) is 4.68. The van der Waals surface area contributed by atoms with E-state index in [0.29, 0.717) is 6.04 Å². The first-order valence-corrected chi connectivity index (χ1v) is 8.19. The third-order valence-electron chi connectivity index (χ3n) is 4.68. The SMILES string of the molecule is Cc1ccc(CN2CCN3C[C@@H](Oc4cncnc4)C[C@@H]3C2)o1. The smallest absolute Gasteiger partial charge is 0.156 e. The Morgan fingerprint density at radius 2 is 2.09 bits per heavy atom. The largest absolute Gasteiger partial charge is 0.486 e. The van der Waals surface area contributed by atoms with Crippen LogP contribution in [0.1, 0.15) is 17.9 Å². The maximum Gasteiger partial charge on any atom is 0.156 e. The Labute approximate surface area is 136 Å². The van der Waals surface area contributed by atoms with Crippen molar-refractivity contribution in [3.8, 4) is 5.75 Å². The van der Waals surface area contributed by atoms with Crippen molar-refractivity contribution < 1.29 is 9.15 Å². The zero-order valence-corrected chi connectivity index (χ0v) is 13.4. The standard InChI is InChI=1S/C17H22N4O2/c1-13-2-3-15(22-13)10-20-4-5-21-11-16(6-14(21)9-20)23-17-7-18-12-19-8-17/h2-3,7-8,12,14,16H,4-6,9-11H2,1H3/t14-,16+/m1/s1. The van der Waals surface area contributed by atoms with Gasteiger partial charge in [0.15, 0.2) is 5.75 Å². The number of hydrogen-bond donors (Lipinski definition) is 0. The van der Waals surface area contributed by atoms with E-state index in [2.05, 4.69) is 25.8 Å². The summed E-state index contributed by atoms with van der Waals surface area (Å²) in [5, 5.41) is 0. The molecule has 4 rings (SSSR count). The number of furan rings is 1. The van der Waals surface area contributed by atoms with Crippen LogP contribution in [0.25, 0.3) is 0 Å². The second-order valence-electron chi connectivity index (χ2n) is 6.45. The molecule has 2 fully saturated rings. The highest BCUT2D eigenvalue weighted by atomic mass is 16.5. The van der Waals surface area contributed by atoms with Gasteiger partial charge in [-0.2, -0.15) is 0 Å². The van der Waals surface area contributed by atoms with E-state index >= 15 is 0 Å². The molecular weight excluding hydrogens is 292 g/mol. The lowest BCUT2D eigenvalue weighted by molar-refractivity contribution is 0.0925.